The van der Waals surface area contributed by atoms with E-state index in [-0.39, 0.29) is 5.82 Å². The summed E-state index contributed by atoms with van der Waals surface area (Å²) in [7, 11) is 0. The molecule has 4 aromatic rings. The van der Waals surface area contributed by atoms with Crippen LogP contribution in [-0.4, -0.2) is 21.2 Å². The van der Waals surface area contributed by atoms with E-state index in [4.69, 9.17) is 4.98 Å². The number of nitrogens with one attached hydrogen (secondary N) is 1. The van der Waals surface area contributed by atoms with Gasteiger partial charge in [0, 0.05) is 34.0 Å². The SMILES string of the molecule is CSc1ccc(-c2nc(-c3cccc(F)c3)c(-c3ccncc3)[nH]2)cc1. The van der Waals surface area contributed by atoms with E-state index in [2.05, 4.69) is 22.1 Å². The summed E-state index contributed by atoms with van der Waals surface area (Å²) in [6, 6.07) is 18.5. The molecule has 0 fully saturated rings. The van der Waals surface area contributed by atoms with Crippen LogP contribution in [0.5, 0.6) is 0 Å². The van der Waals surface area contributed by atoms with Crippen molar-refractivity contribution in [1.29, 1.82) is 0 Å². The molecule has 0 spiro atoms. The lowest BCUT2D eigenvalue weighted by Gasteiger charge is -2.03. The summed E-state index contributed by atoms with van der Waals surface area (Å²) in [5.41, 5.74) is 4.25. The highest BCUT2D eigenvalue weighted by atomic mass is 32.2. The molecule has 0 amide bonds. The zero-order chi connectivity index (χ0) is 17.9. The second-order valence-electron chi connectivity index (χ2n) is 5.78. The van der Waals surface area contributed by atoms with E-state index < -0.39 is 0 Å². The van der Waals surface area contributed by atoms with Crippen molar-refractivity contribution < 1.29 is 4.39 Å². The molecule has 2 heterocycles. The summed E-state index contributed by atoms with van der Waals surface area (Å²) in [6.45, 7) is 0. The normalized spacial score (nSPS) is 10.8. The first-order valence-electron chi connectivity index (χ1n) is 8.15. The number of benzene rings is 2. The monoisotopic (exact) mass is 361 g/mol. The third kappa shape index (κ3) is 3.26. The summed E-state index contributed by atoms with van der Waals surface area (Å²) in [5.74, 6) is 0.473. The van der Waals surface area contributed by atoms with Crippen LogP contribution >= 0.6 is 11.8 Å². The zero-order valence-electron chi connectivity index (χ0n) is 14.1. The first-order chi connectivity index (χ1) is 12.7. The van der Waals surface area contributed by atoms with Gasteiger partial charge in [-0.3, -0.25) is 4.98 Å². The standard InChI is InChI=1S/C21H16FN3S/c1-26-18-7-5-15(6-8-18)21-24-19(14-9-11-23-12-10-14)20(25-21)16-3-2-4-17(22)13-16/h2-13H,1H3,(H,24,25). The Morgan fingerprint density at radius 2 is 1.65 bits per heavy atom. The number of hydrogen-bond donors (Lipinski definition) is 1. The van der Waals surface area contributed by atoms with Crippen molar-refractivity contribution in [2.75, 3.05) is 6.26 Å². The first kappa shape index (κ1) is 16.5. The highest BCUT2D eigenvalue weighted by Crippen LogP contribution is 2.33. The van der Waals surface area contributed by atoms with Gasteiger partial charge in [-0.25, -0.2) is 9.37 Å². The Hall–Kier alpha value is -2.92. The minimum Gasteiger partial charge on any atom is -0.337 e. The fraction of sp³-hybridized carbons (Fsp3) is 0.0476. The fourth-order valence-corrected chi connectivity index (χ4v) is 3.24. The molecule has 0 saturated carbocycles. The summed E-state index contributed by atoms with van der Waals surface area (Å²) in [5, 5.41) is 0. The predicted molar refractivity (Wildman–Crippen MR) is 104 cm³/mol. The first-order valence-corrected chi connectivity index (χ1v) is 9.38. The molecule has 1 N–H and O–H groups in total. The molecule has 0 saturated heterocycles. The Bertz CT molecular complexity index is 1030. The number of hydrogen-bond acceptors (Lipinski definition) is 3. The van der Waals surface area contributed by atoms with Crippen molar-refractivity contribution in [3.05, 3.63) is 78.9 Å². The number of nitrogens with zero attached hydrogens (tertiary/aromatic N) is 2. The number of imidazole rings is 1. The number of thioether (sulfide) groups is 1. The molecule has 0 radical (unpaired) electrons. The Kier molecular flexibility index (Phi) is 4.54. The Morgan fingerprint density at radius 3 is 2.35 bits per heavy atom. The smallest absolute Gasteiger partial charge is 0.138 e. The second-order valence-corrected chi connectivity index (χ2v) is 6.66. The van der Waals surface area contributed by atoms with Crippen LogP contribution in [0.4, 0.5) is 4.39 Å². The van der Waals surface area contributed by atoms with Crippen molar-refractivity contribution >= 4 is 11.8 Å². The lowest BCUT2D eigenvalue weighted by atomic mass is 10.1. The number of rotatable bonds is 4. The van der Waals surface area contributed by atoms with Gasteiger partial charge >= 0.3 is 0 Å². The maximum atomic E-state index is 13.7. The zero-order valence-corrected chi connectivity index (χ0v) is 14.9. The average Bonchev–Trinajstić information content (AvgIpc) is 3.14. The van der Waals surface area contributed by atoms with E-state index in [1.54, 1.807) is 30.2 Å². The van der Waals surface area contributed by atoms with Crippen LogP contribution in [0.1, 0.15) is 0 Å². The molecular formula is C21H16FN3S. The van der Waals surface area contributed by atoms with Crippen molar-refractivity contribution in [2.45, 2.75) is 4.90 Å². The van der Waals surface area contributed by atoms with Gasteiger partial charge in [0.25, 0.3) is 0 Å². The van der Waals surface area contributed by atoms with Gasteiger partial charge in [-0.05, 0) is 42.7 Å². The molecule has 0 atom stereocenters. The van der Waals surface area contributed by atoms with E-state index in [0.29, 0.717) is 0 Å². The summed E-state index contributed by atoms with van der Waals surface area (Å²) in [6.07, 6.45) is 5.52. The van der Waals surface area contributed by atoms with E-state index >= 15 is 0 Å². The molecule has 0 aliphatic rings. The molecule has 0 aliphatic heterocycles. The van der Waals surface area contributed by atoms with Crippen LogP contribution in [0.3, 0.4) is 0 Å². The van der Waals surface area contributed by atoms with E-state index in [0.717, 1.165) is 33.9 Å². The highest BCUT2D eigenvalue weighted by molar-refractivity contribution is 7.98. The molecule has 2 aromatic heterocycles. The predicted octanol–water partition coefficient (Wildman–Crippen LogP) is 5.67. The van der Waals surface area contributed by atoms with Crippen LogP contribution < -0.4 is 0 Å². The maximum absolute atomic E-state index is 13.7. The van der Waals surface area contributed by atoms with Gasteiger partial charge in [0.1, 0.15) is 11.6 Å². The topological polar surface area (TPSA) is 41.6 Å². The van der Waals surface area contributed by atoms with Crippen LogP contribution in [-0.2, 0) is 0 Å². The summed E-state index contributed by atoms with van der Waals surface area (Å²) in [4.78, 5) is 13.4. The van der Waals surface area contributed by atoms with Gasteiger partial charge in [-0.1, -0.05) is 24.3 Å². The van der Waals surface area contributed by atoms with Gasteiger partial charge in [-0.2, -0.15) is 0 Å². The van der Waals surface area contributed by atoms with Crippen LogP contribution in [0.2, 0.25) is 0 Å². The number of aromatic amines is 1. The van der Waals surface area contributed by atoms with Gasteiger partial charge in [0.15, 0.2) is 0 Å². The van der Waals surface area contributed by atoms with Crippen LogP contribution in [0, 0.1) is 5.82 Å². The quantitative estimate of drug-likeness (QED) is 0.476. The molecule has 0 aliphatic carbocycles. The Balaban J connectivity index is 1.87. The lowest BCUT2D eigenvalue weighted by Crippen LogP contribution is -1.85. The molecule has 3 nitrogen and oxygen atoms in total. The molecule has 0 bridgehead atoms. The van der Waals surface area contributed by atoms with Crippen LogP contribution in [0.25, 0.3) is 33.9 Å². The molecule has 2 aromatic carbocycles. The third-order valence-corrected chi connectivity index (χ3v) is 4.88. The van der Waals surface area contributed by atoms with Crippen molar-refractivity contribution in [3.8, 4) is 33.9 Å². The molecule has 0 unspecified atom stereocenters. The van der Waals surface area contributed by atoms with Crippen LogP contribution in [0.15, 0.2) is 78.0 Å². The number of aromatic nitrogens is 3. The van der Waals surface area contributed by atoms with Crippen molar-refractivity contribution in [2.24, 2.45) is 0 Å². The molecule has 4 rings (SSSR count). The minimum atomic E-state index is -0.281. The van der Waals surface area contributed by atoms with E-state index in [9.17, 15) is 4.39 Å². The third-order valence-electron chi connectivity index (χ3n) is 4.13. The van der Waals surface area contributed by atoms with Gasteiger partial charge in [0.05, 0.1) is 11.4 Å². The molecule has 128 valence electrons. The molecular weight excluding hydrogens is 345 g/mol. The van der Waals surface area contributed by atoms with E-state index in [1.165, 1.54) is 17.0 Å². The average molecular weight is 361 g/mol. The largest absolute Gasteiger partial charge is 0.337 e. The summed E-state index contributed by atoms with van der Waals surface area (Å²) >= 11 is 1.70. The maximum Gasteiger partial charge on any atom is 0.138 e. The van der Waals surface area contributed by atoms with E-state index in [1.807, 2.05) is 36.6 Å². The van der Waals surface area contributed by atoms with Crippen molar-refractivity contribution in [3.63, 3.8) is 0 Å². The second kappa shape index (κ2) is 7.14. The summed E-state index contributed by atoms with van der Waals surface area (Å²) < 4.78 is 13.7. The molecule has 5 heteroatoms. The Morgan fingerprint density at radius 1 is 0.885 bits per heavy atom. The number of H-pyrrole nitrogens is 1. The van der Waals surface area contributed by atoms with Gasteiger partial charge < -0.3 is 4.98 Å². The molecule has 26 heavy (non-hydrogen) atoms. The lowest BCUT2D eigenvalue weighted by molar-refractivity contribution is 0.628. The van der Waals surface area contributed by atoms with Crippen molar-refractivity contribution in [1.82, 2.24) is 15.0 Å². The van der Waals surface area contributed by atoms with Gasteiger partial charge in [0.2, 0.25) is 0 Å². The minimum absolute atomic E-state index is 0.281. The number of halogens is 1. The highest BCUT2D eigenvalue weighted by Gasteiger charge is 2.15. The number of pyridine rings is 1. The Labute approximate surface area is 155 Å². The fourth-order valence-electron chi connectivity index (χ4n) is 2.83. The van der Waals surface area contributed by atoms with Gasteiger partial charge in [-0.15, -0.1) is 11.8 Å².